The molecule has 0 radical (unpaired) electrons. The van der Waals surface area contributed by atoms with E-state index in [1.165, 1.54) is 0 Å². The second-order valence-corrected chi connectivity index (χ2v) is 8.40. The highest BCUT2D eigenvalue weighted by molar-refractivity contribution is 4.76. The Morgan fingerprint density at radius 2 is 0.882 bits per heavy atom. The molecule has 0 aliphatic carbocycles. The van der Waals surface area contributed by atoms with Crippen LogP contribution in [0, 0.1) is 0 Å². The van der Waals surface area contributed by atoms with Gasteiger partial charge < -0.3 is 9.47 Å². The van der Waals surface area contributed by atoms with Crippen LogP contribution in [0.4, 0.5) is 43.9 Å². The van der Waals surface area contributed by atoms with Gasteiger partial charge >= 0.3 is 24.2 Å². The molecule has 0 unspecified atom stereocenters. The summed E-state index contributed by atoms with van der Waals surface area (Å²) in [6.45, 7) is 2.51. The topological polar surface area (TPSA) is 18.5 Å². The molecule has 0 amide bonds. The van der Waals surface area contributed by atoms with Crippen molar-refractivity contribution in [2.45, 2.75) is 127 Å². The largest absolute Gasteiger partial charge is 0.453 e. The molecule has 206 valence electrons. The molecule has 0 bridgehead atoms. The fraction of sp³-hybridized carbons (Fsp3) is 1.00. The van der Waals surface area contributed by atoms with Gasteiger partial charge in [0.05, 0.1) is 0 Å². The summed E-state index contributed by atoms with van der Waals surface area (Å²) in [4.78, 5) is 0. The fourth-order valence-corrected chi connectivity index (χ4v) is 3.09. The van der Waals surface area contributed by atoms with Gasteiger partial charge in [-0.15, -0.1) is 0 Å². The van der Waals surface area contributed by atoms with E-state index in [1.807, 2.05) is 6.92 Å². The Labute approximate surface area is 194 Å². The normalized spacial score (nSPS) is 13.8. The number of halogens is 10. The maximum Gasteiger partial charge on any atom is 0.453 e. The van der Waals surface area contributed by atoms with Crippen LogP contribution in [0.5, 0.6) is 0 Å². The molecule has 0 spiro atoms. The summed E-state index contributed by atoms with van der Waals surface area (Å²) in [5.41, 5.74) is 0. The number of rotatable bonds is 20. The van der Waals surface area contributed by atoms with Crippen molar-refractivity contribution in [3.8, 4) is 0 Å². The number of ether oxygens (including phenoxy) is 2. The molecule has 0 aromatic rings. The molecular weight excluding hydrogens is 486 g/mol. The maximum absolute atomic E-state index is 12.8. The highest BCUT2D eigenvalue weighted by Gasteiger charge is 2.57. The van der Waals surface area contributed by atoms with Crippen molar-refractivity contribution in [2.75, 3.05) is 13.2 Å². The van der Waals surface area contributed by atoms with Gasteiger partial charge in [-0.3, -0.25) is 0 Å². The molecule has 0 aromatic carbocycles. The zero-order valence-electron chi connectivity index (χ0n) is 19.5. The average Bonchev–Trinajstić information content (AvgIpc) is 2.70. The molecule has 0 rings (SSSR count). The summed E-state index contributed by atoms with van der Waals surface area (Å²) in [6, 6.07) is 0. The van der Waals surface area contributed by atoms with Crippen LogP contribution in [0.3, 0.4) is 0 Å². The minimum absolute atomic E-state index is 0.212. The molecule has 0 saturated carbocycles. The van der Waals surface area contributed by atoms with E-state index in [0.29, 0.717) is 32.1 Å². The quantitative estimate of drug-likeness (QED) is 0.0902. The summed E-state index contributed by atoms with van der Waals surface area (Å²) in [5, 5.41) is 0. The van der Waals surface area contributed by atoms with Crippen LogP contribution in [-0.4, -0.2) is 43.7 Å². The molecule has 12 heteroatoms. The summed E-state index contributed by atoms with van der Waals surface area (Å²) >= 11 is 0. The van der Waals surface area contributed by atoms with Crippen LogP contribution in [0.25, 0.3) is 0 Å². The smallest absolute Gasteiger partial charge is 0.353 e. The molecule has 34 heavy (non-hydrogen) atoms. The van der Waals surface area contributed by atoms with Crippen LogP contribution in [0.2, 0.25) is 0 Å². The van der Waals surface area contributed by atoms with E-state index in [-0.39, 0.29) is 38.9 Å². The molecule has 2 nitrogen and oxygen atoms in total. The lowest BCUT2D eigenvalue weighted by atomic mass is 10.1. The molecule has 0 atom stereocenters. The Morgan fingerprint density at radius 1 is 0.500 bits per heavy atom. The van der Waals surface area contributed by atoms with E-state index < -0.39 is 43.3 Å². The minimum Gasteiger partial charge on any atom is -0.353 e. The Morgan fingerprint density at radius 3 is 1.24 bits per heavy atom. The van der Waals surface area contributed by atoms with Crippen LogP contribution in [0.1, 0.15) is 96.8 Å². The summed E-state index contributed by atoms with van der Waals surface area (Å²) in [5.74, 6) is -9.36. The first kappa shape index (κ1) is 33.2. The first-order chi connectivity index (χ1) is 15.6. The summed E-state index contributed by atoms with van der Waals surface area (Å²) < 4.78 is 135. The number of alkyl halides is 10. The standard InChI is InChI=1S/C22H36F10O2/c1-2-3-8-13-18(33-16-11-6-4-9-14-19(23,24)21(27,28)29)34-17-12-7-5-10-15-20(25,26)22(30,31)32/h18H,2-17H2,1H3. The maximum atomic E-state index is 12.8. The predicted molar refractivity (Wildman–Crippen MR) is 108 cm³/mol. The lowest BCUT2D eigenvalue weighted by Crippen LogP contribution is -2.36. The monoisotopic (exact) mass is 522 g/mol. The first-order valence-electron chi connectivity index (χ1n) is 11.8. The van der Waals surface area contributed by atoms with Crippen molar-refractivity contribution in [1.82, 2.24) is 0 Å². The van der Waals surface area contributed by atoms with Gasteiger partial charge in [-0.25, -0.2) is 0 Å². The second-order valence-electron chi connectivity index (χ2n) is 8.40. The van der Waals surface area contributed by atoms with E-state index in [0.717, 1.165) is 19.3 Å². The third kappa shape index (κ3) is 14.6. The van der Waals surface area contributed by atoms with Crippen molar-refractivity contribution in [3.63, 3.8) is 0 Å². The van der Waals surface area contributed by atoms with Crippen LogP contribution in [-0.2, 0) is 9.47 Å². The third-order valence-corrected chi connectivity index (χ3v) is 5.25. The Bertz CT molecular complexity index is 467. The molecule has 0 fully saturated rings. The lowest BCUT2D eigenvalue weighted by molar-refractivity contribution is -0.284. The number of hydrogen-bond acceptors (Lipinski definition) is 2. The molecule has 0 heterocycles. The van der Waals surface area contributed by atoms with Gasteiger partial charge in [0.25, 0.3) is 0 Å². The van der Waals surface area contributed by atoms with Crippen LogP contribution in [0.15, 0.2) is 0 Å². The molecule has 0 N–H and O–H groups in total. The highest BCUT2D eigenvalue weighted by atomic mass is 19.4. The van der Waals surface area contributed by atoms with Crippen molar-refractivity contribution >= 4 is 0 Å². The minimum atomic E-state index is -5.53. The molecular formula is C22H36F10O2. The SMILES string of the molecule is CCCCCC(OCCCCCCC(F)(F)C(F)(F)F)OCCCCCCC(F)(F)C(F)(F)F. The van der Waals surface area contributed by atoms with Crippen LogP contribution >= 0.6 is 0 Å². The average molecular weight is 523 g/mol. The van der Waals surface area contributed by atoms with Gasteiger partial charge in [-0.2, -0.15) is 43.9 Å². The summed E-state index contributed by atoms with van der Waals surface area (Å²) in [6.07, 6.45) is -9.01. The fourth-order valence-electron chi connectivity index (χ4n) is 3.09. The van der Waals surface area contributed by atoms with Crippen molar-refractivity contribution in [1.29, 1.82) is 0 Å². The van der Waals surface area contributed by atoms with Gasteiger partial charge in [-0.1, -0.05) is 45.4 Å². The van der Waals surface area contributed by atoms with Crippen LogP contribution < -0.4 is 0 Å². The third-order valence-electron chi connectivity index (χ3n) is 5.25. The van der Waals surface area contributed by atoms with Gasteiger partial charge in [0.2, 0.25) is 0 Å². The Kier molecular flexibility index (Phi) is 15.7. The van der Waals surface area contributed by atoms with E-state index >= 15 is 0 Å². The number of unbranched alkanes of at least 4 members (excludes halogenated alkanes) is 8. The van der Waals surface area contributed by atoms with E-state index in [1.54, 1.807) is 0 Å². The molecule has 0 aromatic heterocycles. The Hall–Kier alpha value is -0.780. The molecule has 0 saturated heterocycles. The first-order valence-corrected chi connectivity index (χ1v) is 11.8. The summed E-state index contributed by atoms with van der Waals surface area (Å²) in [7, 11) is 0. The molecule has 0 aliphatic rings. The Balaban J connectivity index is 4.03. The zero-order valence-corrected chi connectivity index (χ0v) is 19.5. The second kappa shape index (κ2) is 16.1. The van der Waals surface area contributed by atoms with E-state index in [2.05, 4.69) is 0 Å². The van der Waals surface area contributed by atoms with Gasteiger partial charge in [-0.05, 0) is 38.5 Å². The van der Waals surface area contributed by atoms with Gasteiger partial charge in [0, 0.05) is 26.1 Å². The van der Waals surface area contributed by atoms with Gasteiger partial charge in [0.15, 0.2) is 6.29 Å². The predicted octanol–water partition coefficient (Wildman–Crippen LogP) is 9.22. The van der Waals surface area contributed by atoms with Crippen molar-refractivity contribution < 1.29 is 53.4 Å². The number of hydrogen-bond donors (Lipinski definition) is 0. The highest BCUT2D eigenvalue weighted by Crippen LogP contribution is 2.40. The van der Waals surface area contributed by atoms with E-state index in [4.69, 9.17) is 9.47 Å². The van der Waals surface area contributed by atoms with E-state index in [9.17, 15) is 43.9 Å². The van der Waals surface area contributed by atoms with Gasteiger partial charge in [0.1, 0.15) is 0 Å². The molecule has 0 aliphatic heterocycles. The van der Waals surface area contributed by atoms with Crippen molar-refractivity contribution in [2.24, 2.45) is 0 Å². The zero-order chi connectivity index (χ0) is 26.3. The lowest BCUT2D eigenvalue weighted by Gasteiger charge is -2.20. The van der Waals surface area contributed by atoms with Crippen molar-refractivity contribution in [3.05, 3.63) is 0 Å².